The maximum absolute atomic E-state index is 13.7. The fourth-order valence-corrected chi connectivity index (χ4v) is 8.54. The largest absolute Gasteiger partial charge is 0.508 e. The van der Waals surface area contributed by atoms with Gasteiger partial charge in [-0.2, -0.15) is 5.10 Å². The van der Waals surface area contributed by atoms with Gasteiger partial charge in [0.1, 0.15) is 41.6 Å². The summed E-state index contributed by atoms with van der Waals surface area (Å²) in [6.07, 6.45) is 4.40. The molecule has 1 fully saturated rings. The number of halogens is 1. The number of aromatic nitrogens is 4. The molecule has 0 saturated carbocycles. The first-order valence-electron chi connectivity index (χ1n) is 20.2. The van der Waals surface area contributed by atoms with E-state index in [9.17, 15) is 9.90 Å². The number of fused-ring (bicyclic) bond motifs is 1. The van der Waals surface area contributed by atoms with Crippen molar-refractivity contribution in [2.24, 2.45) is 0 Å². The molecule has 310 valence electrons. The molecule has 1 atom stereocenters. The second-order valence-electron chi connectivity index (χ2n) is 14.6. The number of phenols is 1. The summed E-state index contributed by atoms with van der Waals surface area (Å²) < 4.78 is 26.8. The Morgan fingerprint density at radius 3 is 2.53 bits per heavy atom. The number of aromatic hydroxyl groups is 1. The number of carbonyl (C=O) groups excluding carboxylic acids is 1. The Bertz CT molecular complexity index is 2340. The monoisotopic (exact) mass is 838 g/mol. The molecule has 0 radical (unpaired) electrons. The number of ether oxygens (including phenoxy) is 4. The summed E-state index contributed by atoms with van der Waals surface area (Å²) in [5.74, 6) is 1.09. The molecule has 59 heavy (non-hydrogen) atoms. The maximum Gasteiger partial charge on any atom is 0.347 e. The number of piperazine rings is 1. The van der Waals surface area contributed by atoms with Crippen molar-refractivity contribution in [3.05, 3.63) is 101 Å². The lowest BCUT2D eigenvalue weighted by Gasteiger charge is -2.32. The number of aryl methyl sites for hydroxylation is 1. The molecule has 0 bridgehead atoms. The molecule has 0 unspecified atom stereocenters. The topological polar surface area (TPSA) is 124 Å². The standard InChI is InChI=1S/C45H51ClN6O6S/c1-5-7-20-52-33(18-19-49-52)28-57-36-11-9-8-10-32(36)27-38(45(54)55-6-2)58-43-40-39(42(59-44(40)48-29-47-43)31-12-14-34(53)15-13-31)35-16-17-37(41(46)30(35)3)56-26-25-51-23-21-50(4)22-24-51/h8-19,29,38,53H,5-7,20-28H2,1-4H3/t38-/m1/s1. The summed E-state index contributed by atoms with van der Waals surface area (Å²) in [6, 6.07) is 20.5. The molecule has 0 amide bonds. The van der Waals surface area contributed by atoms with Gasteiger partial charge in [0.15, 0.2) is 0 Å². The van der Waals surface area contributed by atoms with Crippen molar-refractivity contribution in [2.75, 3.05) is 53.0 Å². The van der Waals surface area contributed by atoms with Crippen LogP contribution >= 0.6 is 22.9 Å². The van der Waals surface area contributed by atoms with Crippen molar-refractivity contribution in [1.29, 1.82) is 0 Å². The number of benzene rings is 3. The number of unbranched alkanes of at least 4 members (excludes halogenated alkanes) is 1. The zero-order valence-electron chi connectivity index (χ0n) is 34.0. The molecule has 0 spiro atoms. The number of hydrogen-bond donors (Lipinski definition) is 1. The van der Waals surface area contributed by atoms with Gasteiger partial charge in [-0.25, -0.2) is 14.8 Å². The minimum atomic E-state index is -1.07. The summed E-state index contributed by atoms with van der Waals surface area (Å²) >= 11 is 8.57. The highest BCUT2D eigenvalue weighted by atomic mass is 35.5. The molecule has 1 aliphatic heterocycles. The fraction of sp³-hybridized carbons (Fsp3) is 0.378. The number of phenolic OH excluding ortho intramolecular Hbond substituents is 1. The Hall–Kier alpha value is -5.21. The van der Waals surface area contributed by atoms with Crippen LogP contribution in [0.15, 0.2) is 79.3 Å². The van der Waals surface area contributed by atoms with Crippen molar-refractivity contribution in [3.8, 4) is 44.7 Å². The van der Waals surface area contributed by atoms with Gasteiger partial charge in [-0.05, 0) is 92.0 Å². The Morgan fingerprint density at radius 1 is 0.949 bits per heavy atom. The van der Waals surface area contributed by atoms with E-state index in [4.69, 9.17) is 30.5 Å². The van der Waals surface area contributed by atoms with Gasteiger partial charge >= 0.3 is 5.97 Å². The van der Waals surface area contributed by atoms with E-state index in [1.807, 2.05) is 66.2 Å². The lowest BCUT2D eigenvalue weighted by atomic mass is 9.96. The molecule has 14 heteroatoms. The number of nitrogens with zero attached hydrogens (tertiary/aromatic N) is 6. The Kier molecular flexibility index (Phi) is 14.0. The lowest BCUT2D eigenvalue weighted by molar-refractivity contribution is -0.151. The molecule has 1 saturated heterocycles. The molecular weight excluding hydrogens is 788 g/mol. The summed E-state index contributed by atoms with van der Waals surface area (Å²) in [5.41, 5.74) is 5.03. The smallest absolute Gasteiger partial charge is 0.347 e. The Labute approximate surface area is 354 Å². The van der Waals surface area contributed by atoms with E-state index in [0.717, 1.165) is 90.5 Å². The van der Waals surface area contributed by atoms with E-state index in [2.05, 4.69) is 38.8 Å². The molecule has 12 nitrogen and oxygen atoms in total. The predicted octanol–water partition coefficient (Wildman–Crippen LogP) is 8.45. The van der Waals surface area contributed by atoms with Gasteiger partial charge in [0.05, 0.1) is 22.7 Å². The molecule has 3 aromatic carbocycles. The number of rotatable bonds is 18. The normalized spacial score (nSPS) is 14.1. The fourth-order valence-electron chi connectivity index (χ4n) is 7.17. The first-order valence-corrected chi connectivity index (χ1v) is 21.4. The Morgan fingerprint density at radius 2 is 1.75 bits per heavy atom. The third kappa shape index (κ3) is 9.98. The third-order valence-corrected chi connectivity index (χ3v) is 12.2. The van der Waals surface area contributed by atoms with Crippen LogP contribution in [0.1, 0.15) is 43.5 Å². The molecule has 3 aromatic heterocycles. The average molecular weight is 839 g/mol. The molecule has 1 N–H and O–H groups in total. The number of esters is 1. The molecule has 0 aliphatic carbocycles. The van der Waals surface area contributed by atoms with Crippen LogP contribution in [-0.4, -0.2) is 99.7 Å². The second kappa shape index (κ2) is 19.7. The first kappa shape index (κ1) is 41.9. The molecule has 4 heterocycles. The number of hydrogen-bond acceptors (Lipinski definition) is 12. The van der Waals surface area contributed by atoms with Crippen LogP contribution in [0.2, 0.25) is 5.02 Å². The second-order valence-corrected chi connectivity index (χ2v) is 16.0. The summed E-state index contributed by atoms with van der Waals surface area (Å²) in [4.78, 5) is 29.3. The van der Waals surface area contributed by atoms with Crippen LogP contribution in [-0.2, 0) is 29.1 Å². The number of likely N-dealkylation sites (N-methyl/N-ethyl adjacent to an activating group) is 1. The number of thiophene rings is 1. The predicted molar refractivity (Wildman–Crippen MR) is 232 cm³/mol. The highest BCUT2D eigenvalue weighted by molar-refractivity contribution is 7.22. The number of para-hydroxylation sites is 1. The van der Waals surface area contributed by atoms with Crippen LogP contribution in [0, 0.1) is 6.92 Å². The zero-order chi connectivity index (χ0) is 41.3. The van der Waals surface area contributed by atoms with Crippen LogP contribution in [0.4, 0.5) is 0 Å². The van der Waals surface area contributed by atoms with E-state index in [1.165, 1.54) is 17.7 Å². The van der Waals surface area contributed by atoms with Gasteiger partial charge in [-0.15, -0.1) is 11.3 Å². The minimum Gasteiger partial charge on any atom is -0.508 e. The SMILES string of the molecule is CCCCn1nccc1COc1ccccc1C[C@@H](Oc1ncnc2sc(-c3ccc(O)cc3)c(-c3ccc(OCCN4CCN(C)CC4)c(Cl)c3C)c12)C(=O)OCC. The maximum atomic E-state index is 13.7. The summed E-state index contributed by atoms with van der Waals surface area (Å²) in [6.45, 7) is 12.6. The van der Waals surface area contributed by atoms with Crippen molar-refractivity contribution < 1.29 is 28.8 Å². The van der Waals surface area contributed by atoms with Gasteiger partial charge in [0.25, 0.3) is 0 Å². The minimum absolute atomic E-state index is 0.154. The lowest BCUT2D eigenvalue weighted by Crippen LogP contribution is -2.45. The summed E-state index contributed by atoms with van der Waals surface area (Å²) in [5, 5.41) is 15.8. The van der Waals surface area contributed by atoms with E-state index >= 15 is 0 Å². The Balaban J connectivity index is 1.22. The molecule has 7 rings (SSSR count). The van der Waals surface area contributed by atoms with E-state index in [0.29, 0.717) is 40.0 Å². The first-order chi connectivity index (χ1) is 28.7. The van der Waals surface area contributed by atoms with Gasteiger partial charge < -0.3 is 29.0 Å². The highest BCUT2D eigenvalue weighted by Gasteiger charge is 2.29. The van der Waals surface area contributed by atoms with Gasteiger partial charge in [-0.3, -0.25) is 9.58 Å². The van der Waals surface area contributed by atoms with Gasteiger partial charge in [-0.1, -0.05) is 49.2 Å². The van der Waals surface area contributed by atoms with Crippen LogP contribution in [0.3, 0.4) is 0 Å². The summed E-state index contributed by atoms with van der Waals surface area (Å²) in [7, 11) is 2.14. The van der Waals surface area contributed by atoms with Crippen molar-refractivity contribution in [3.63, 3.8) is 0 Å². The zero-order valence-corrected chi connectivity index (χ0v) is 35.6. The van der Waals surface area contributed by atoms with E-state index in [1.54, 1.807) is 25.3 Å². The molecule has 6 aromatic rings. The van der Waals surface area contributed by atoms with Crippen LogP contribution < -0.4 is 14.2 Å². The number of carbonyl (C=O) groups is 1. The van der Waals surface area contributed by atoms with E-state index in [-0.39, 0.29) is 24.7 Å². The van der Waals surface area contributed by atoms with Crippen LogP contribution in [0.25, 0.3) is 31.8 Å². The molecule has 1 aliphatic rings. The van der Waals surface area contributed by atoms with Crippen molar-refractivity contribution >= 4 is 39.1 Å². The molecular formula is C45H51ClN6O6S. The van der Waals surface area contributed by atoms with Gasteiger partial charge in [0, 0.05) is 62.3 Å². The van der Waals surface area contributed by atoms with Crippen molar-refractivity contribution in [1.82, 2.24) is 29.5 Å². The average Bonchev–Trinajstić information content (AvgIpc) is 3.87. The third-order valence-electron chi connectivity index (χ3n) is 10.5. The quantitative estimate of drug-likeness (QED) is 0.0839. The van der Waals surface area contributed by atoms with Gasteiger partial charge in [0.2, 0.25) is 12.0 Å². The van der Waals surface area contributed by atoms with Crippen LogP contribution in [0.5, 0.6) is 23.1 Å². The van der Waals surface area contributed by atoms with E-state index < -0.39 is 12.1 Å². The van der Waals surface area contributed by atoms with Crippen molar-refractivity contribution in [2.45, 2.75) is 59.3 Å². The highest BCUT2D eigenvalue weighted by Crippen LogP contribution is 2.49.